The van der Waals surface area contributed by atoms with Crippen LogP contribution >= 0.6 is 0 Å². The Morgan fingerprint density at radius 3 is 2.60 bits per heavy atom. The lowest BCUT2D eigenvalue weighted by Crippen LogP contribution is -2.25. The third kappa shape index (κ3) is 8.16. The second-order valence-corrected chi connectivity index (χ2v) is 5.55. The number of hydrogen-bond donors (Lipinski definition) is 1. The van der Waals surface area contributed by atoms with Crippen molar-refractivity contribution in [3.8, 4) is 12.3 Å². The summed E-state index contributed by atoms with van der Waals surface area (Å²) in [6.07, 6.45) is 5.64. The predicted molar refractivity (Wildman–Crippen MR) is 60.3 cm³/mol. The highest BCUT2D eigenvalue weighted by Gasteiger charge is 2.11. The van der Waals surface area contributed by atoms with Crippen LogP contribution in [0.1, 0.15) is 19.8 Å². The molecule has 0 aromatic rings. The zero-order chi connectivity index (χ0) is 11.7. The quantitative estimate of drug-likeness (QED) is 0.471. The summed E-state index contributed by atoms with van der Waals surface area (Å²) in [6.45, 7) is 2.27. The van der Waals surface area contributed by atoms with Crippen LogP contribution in [0.4, 0.5) is 0 Å². The van der Waals surface area contributed by atoms with E-state index in [0.29, 0.717) is 13.0 Å². The van der Waals surface area contributed by atoms with Crippen molar-refractivity contribution >= 4 is 15.6 Å². The maximum atomic E-state index is 11.3. The zero-order valence-corrected chi connectivity index (χ0v) is 9.77. The highest BCUT2D eigenvalue weighted by atomic mass is 32.2. The summed E-state index contributed by atoms with van der Waals surface area (Å²) < 4.78 is 22.5. The molecule has 0 rings (SSSR count). The van der Waals surface area contributed by atoms with E-state index in [9.17, 15) is 13.2 Å². The third-order valence-corrected chi connectivity index (χ3v) is 3.61. The molecule has 0 amide bonds. The summed E-state index contributed by atoms with van der Waals surface area (Å²) in [5.41, 5.74) is 0. The lowest BCUT2D eigenvalue weighted by Gasteiger charge is -2.02. The average molecular weight is 231 g/mol. The Morgan fingerprint density at radius 1 is 1.40 bits per heavy atom. The summed E-state index contributed by atoms with van der Waals surface area (Å²) in [5.74, 6) is 2.31. The van der Waals surface area contributed by atoms with Crippen LogP contribution in [0, 0.1) is 12.3 Å². The minimum atomic E-state index is -3.05. The number of carbonyl (C=O) groups excluding carboxylic acids is 1. The molecule has 15 heavy (non-hydrogen) atoms. The van der Waals surface area contributed by atoms with Crippen LogP contribution in [0.3, 0.4) is 0 Å². The van der Waals surface area contributed by atoms with E-state index >= 15 is 0 Å². The lowest BCUT2D eigenvalue weighted by molar-refractivity contribution is -0.117. The Balaban J connectivity index is 3.76. The van der Waals surface area contributed by atoms with Crippen LogP contribution in [0.15, 0.2) is 0 Å². The molecule has 0 fully saturated rings. The Morgan fingerprint density at radius 2 is 2.07 bits per heavy atom. The highest BCUT2D eigenvalue weighted by molar-refractivity contribution is 7.91. The number of carbonyl (C=O) groups is 1. The highest BCUT2D eigenvalue weighted by Crippen LogP contribution is 1.97. The van der Waals surface area contributed by atoms with Crippen molar-refractivity contribution in [1.82, 2.24) is 5.32 Å². The van der Waals surface area contributed by atoms with Gasteiger partial charge in [0, 0.05) is 12.2 Å². The van der Waals surface area contributed by atoms with Crippen LogP contribution in [-0.4, -0.2) is 38.8 Å². The molecular formula is C10H17NO3S. The van der Waals surface area contributed by atoms with Gasteiger partial charge in [0.15, 0.2) is 9.84 Å². The van der Waals surface area contributed by atoms with Crippen LogP contribution in [0.5, 0.6) is 0 Å². The molecule has 0 aromatic carbocycles. The molecule has 0 unspecified atom stereocenters. The monoisotopic (exact) mass is 231 g/mol. The van der Waals surface area contributed by atoms with Gasteiger partial charge in [0.2, 0.25) is 0 Å². The first-order chi connectivity index (χ1) is 7.02. The van der Waals surface area contributed by atoms with Crippen molar-refractivity contribution in [2.45, 2.75) is 19.8 Å². The first-order valence-corrected chi connectivity index (χ1v) is 6.70. The molecule has 0 aromatic heterocycles. The van der Waals surface area contributed by atoms with Gasteiger partial charge in [-0.25, -0.2) is 8.42 Å². The van der Waals surface area contributed by atoms with E-state index in [1.54, 1.807) is 6.92 Å². The fourth-order valence-electron chi connectivity index (χ4n) is 1.04. The molecule has 4 nitrogen and oxygen atoms in total. The van der Waals surface area contributed by atoms with Gasteiger partial charge >= 0.3 is 0 Å². The van der Waals surface area contributed by atoms with Gasteiger partial charge in [0.1, 0.15) is 5.78 Å². The number of terminal acetylenes is 1. The van der Waals surface area contributed by atoms with E-state index in [1.165, 1.54) is 0 Å². The van der Waals surface area contributed by atoms with Gasteiger partial charge in [-0.05, 0) is 6.42 Å². The first kappa shape index (κ1) is 14.1. The number of nitrogens with one attached hydrogen (secondary N) is 1. The molecular weight excluding hydrogens is 214 g/mol. The molecule has 0 heterocycles. The van der Waals surface area contributed by atoms with E-state index in [-0.39, 0.29) is 30.3 Å². The van der Waals surface area contributed by atoms with Gasteiger partial charge in [-0.15, -0.1) is 6.42 Å². The largest absolute Gasteiger partial charge is 0.299 e. The molecule has 0 aliphatic heterocycles. The van der Waals surface area contributed by atoms with Crippen LogP contribution in [0.2, 0.25) is 0 Å². The molecule has 5 heteroatoms. The number of sulfone groups is 1. The minimum absolute atomic E-state index is 0.0581. The number of Topliss-reactive ketones (excluding diaryl/α,β-unsaturated/α-hetero) is 1. The number of hydrogen-bond acceptors (Lipinski definition) is 4. The molecule has 0 saturated heterocycles. The fraction of sp³-hybridized carbons (Fsp3) is 0.700. The number of rotatable bonds is 8. The summed E-state index contributed by atoms with van der Waals surface area (Å²) in [6, 6.07) is 0. The topological polar surface area (TPSA) is 63.2 Å². The van der Waals surface area contributed by atoms with Crippen molar-refractivity contribution in [2.75, 3.05) is 24.6 Å². The second-order valence-electron chi connectivity index (χ2n) is 3.25. The van der Waals surface area contributed by atoms with E-state index in [2.05, 4.69) is 11.2 Å². The van der Waals surface area contributed by atoms with Crippen molar-refractivity contribution in [2.24, 2.45) is 0 Å². The molecule has 0 aliphatic rings. The first-order valence-electron chi connectivity index (χ1n) is 4.88. The molecule has 0 bridgehead atoms. The molecule has 0 aliphatic carbocycles. The molecule has 0 atom stereocenters. The summed E-state index contributed by atoms with van der Waals surface area (Å²) in [5, 5.41) is 2.72. The maximum absolute atomic E-state index is 11.3. The van der Waals surface area contributed by atoms with Gasteiger partial charge in [-0.1, -0.05) is 12.8 Å². The lowest BCUT2D eigenvalue weighted by atomic mass is 10.3. The van der Waals surface area contributed by atoms with E-state index in [1.807, 2.05) is 0 Å². The third-order valence-electron chi connectivity index (χ3n) is 1.76. The Hall–Kier alpha value is -0.860. The minimum Gasteiger partial charge on any atom is -0.299 e. The summed E-state index contributed by atoms with van der Waals surface area (Å²) in [4.78, 5) is 11.2. The van der Waals surface area contributed by atoms with Gasteiger partial charge in [-0.3, -0.25) is 10.1 Å². The average Bonchev–Trinajstić information content (AvgIpc) is 2.15. The van der Waals surface area contributed by atoms with Crippen molar-refractivity contribution in [1.29, 1.82) is 0 Å². The Kier molecular flexibility index (Phi) is 7.01. The maximum Gasteiger partial charge on any atom is 0.150 e. The molecule has 0 radical (unpaired) electrons. The normalized spacial score (nSPS) is 10.9. The van der Waals surface area contributed by atoms with Crippen LogP contribution < -0.4 is 5.32 Å². The Labute approximate surface area is 91.4 Å². The van der Waals surface area contributed by atoms with Crippen LogP contribution in [0.25, 0.3) is 0 Å². The van der Waals surface area contributed by atoms with Gasteiger partial charge in [-0.2, -0.15) is 0 Å². The van der Waals surface area contributed by atoms with Gasteiger partial charge < -0.3 is 0 Å². The van der Waals surface area contributed by atoms with Crippen molar-refractivity contribution in [3.05, 3.63) is 0 Å². The second kappa shape index (κ2) is 7.43. The number of ketones is 1. The zero-order valence-electron chi connectivity index (χ0n) is 8.95. The van der Waals surface area contributed by atoms with E-state index < -0.39 is 9.84 Å². The van der Waals surface area contributed by atoms with Crippen molar-refractivity contribution < 1.29 is 13.2 Å². The van der Waals surface area contributed by atoms with Crippen molar-refractivity contribution in [3.63, 3.8) is 0 Å². The van der Waals surface area contributed by atoms with Crippen LogP contribution in [-0.2, 0) is 14.6 Å². The summed E-state index contributed by atoms with van der Waals surface area (Å²) >= 11 is 0. The molecule has 0 spiro atoms. The fourth-order valence-corrected chi connectivity index (χ4v) is 2.41. The molecule has 1 N–H and O–H groups in total. The smallest absolute Gasteiger partial charge is 0.150 e. The standard InChI is InChI=1S/C10H17NO3S/c1-3-6-11-9-10(12)5-8-15(13,14)7-4-2/h1,11H,4-9H2,2H3. The van der Waals surface area contributed by atoms with Gasteiger partial charge in [0.05, 0.1) is 18.8 Å². The Bertz CT molecular complexity index is 327. The van der Waals surface area contributed by atoms with Gasteiger partial charge in [0.25, 0.3) is 0 Å². The molecule has 86 valence electrons. The van der Waals surface area contributed by atoms with E-state index in [4.69, 9.17) is 6.42 Å². The van der Waals surface area contributed by atoms with E-state index in [0.717, 1.165) is 0 Å². The SMILES string of the molecule is C#CCNCC(=O)CCS(=O)(=O)CCC. The summed E-state index contributed by atoms with van der Waals surface area (Å²) in [7, 11) is -3.05. The molecule has 0 saturated carbocycles. The predicted octanol–water partition coefficient (Wildman–Crippen LogP) is -0.00680.